The molecule has 0 aliphatic carbocycles. The van der Waals surface area contributed by atoms with Crippen LogP contribution in [-0.4, -0.2) is 13.0 Å². The second-order valence-electron chi connectivity index (χ2n) is 5.83. The van der Waals surface area contributed by atoms with Gasteiger partial charge in [-0.25, -0.2) is 8.42 Å². The third kappa shape index (κ3) is 6.66. The fourth-order valence-electron chi connectivity index (χ4n) is 2.70. The van der Waals surface area contributed by atoms with Gasteiger partial charge in [0.15, 0.2) is 0 Å². The minimum atomic E-state index is -5.42. The number of thiol groups is 1. The van der Waals surface area contributed by atoms with Gasteiger partial charge in [-0.1, -0.05) is 36.4 Å². The minimum Gasteiger partial charge on any atom is -0.722 e. The summed E-state index contributed by atoms with van der Waals surface area (Å²) in [6.45, 7) is 4.58. The maximum atomic E-state index is 10.1. The standard InChI is InChI=1S/C18H20S2.FHO3S/c1-13-15-5-3-6-16(13)10-20-12-18-8-4-7-17(14(18)2)11-19-9-15;1-5(2,3)4/h3-8H,9-12H2,1-2H3;(H,2,3,4). The molecule has 7 heteroatoms. The summed E-state index contributed by atoms with van der Waals surface area (Å²) in [5.41, 5.74) is 9.09. The third-order valence-corrected chi connectivity index (χ3v) is 6.35. The first kappa shape index (κ1) is 20.3. The number of thioether (sulfide) groups is 1. The third-order valence-electron chi connectivity index (χ3n) is 4.20. The smallest absolute Gasteiger partial charge is 0.255 e. The van der Waals surface area contributed by atoms with E-state index in [1.54, 1.807) is 0 Å². The molecule has 0 aromatic heterocycles. The Kier molecular flexibility index (Phi) is 7.37. The van der Waals surface area contributed by atoms with Crippen LogP contribution in [0.1, 0.15) is 33.4 Å². The lowest BCUT2D eigenvalue weighted by molar-refractivity contribution is 0.417. The predicted molar refractivity (Wildman–Crippen MR) is 104 cm³/mol. The van der Waals surface area contributed by atoms with E-state index in [0.717, 1.165) is 11.5 Å². The molecule has 3 rings (SSSR count). The van der Waals surface area contributed by atoms with Crippen LogP contribution in [0, 0.1) is 13.8 Å². The fraction of sp³-hybridized carbons (Fsp3) is 0.333. The summed E-state index contributed by atoms with van der Waals surface area (Å²) in [4.78, 5) is 0. The van der Waals surface area contributed by atoms with E-state index in [-0.39, 0.29) is 0 Å². The first-order chi connectivity index (χ1) is 11.8. The van der Waals surface area contributed by atoms with Crippen LogP contribution < -0.4 is 0 Å². The van der Waals surface area contributed by atoms with Crippen molar-refractivity contribution in [3.05, 3.63) is 69.8 Å². The van der Waals surface area contributed by atoms with Gasteiger partial charge >= 0.3 is 0 Å². The molecule has 1 aliphatic heterocycles. The monoisotopic (exact) mass is 400 g/mol. The van der Waals surface area contributed by atoms with Crippen molar-refractivity contribution in [2.75, 3.05) is 0 Å². The molecule has 0 fully saturated rings. The van der Waals surface area contributed by atoms with Crippen molar-refractivity contribution in [3.63, 3.8) is 0 Å². The number of fused-ring (bicyclic) bond motifs is 4. The SMILES string of the molecule is Cc1c2cccc1C[SH+]Cc1cccc(c1C)CSC2.O=S(=O)([O-])F. The highest BCUT2D eigenvalue weighted by Gasteiger charge is 2.12. The highest BCUT2D eigenvalue weighted by Crippen LogP contribution is 2.26. The van der Waals surface area contributed by atoms with Crippen LogP contribution in [0.25, 0.3) is 0 Å². The molecule has 4 bridgehead atoms. The Hall–Kier alpha value is -1.02. The molecular weight excluding hydrogens is 379 g/mol. The summed E-state index contributed by atoms with van der Waals surface area (Å²) in [5.74, 6) is 4.60. The largest absolute Gasteiger partial charge is 0.722 e. The molecule has 1 heterocycles. The number of hydrogen-bond donors (Lipinski definition) is 0. The zero-order valence-electron chi connectivity index (χ0n) is 14.2. The molecule has 25 heavy (non-hydrogen) atoms. The summed E-state index contributed by atoms with van der Waals surface area (Å²) in [7, 11) is -5.42. The van der Waals surface area contributed by atoms with Crippen LogP contribution in [0.5, 0.6) is 0 Å². The average molecular weight is 401 g/mol. The van der Waals surface area contributed by atoms with Crippen molar-refractivity contribution >= 4 is 34.0 Å². The van der Waals surface area contributed by atoms with Crippen LogP contribution >= 0.6 is 11.8 Å². The van der Waals surface area contributed by atoms with Crippen LogP contribution in [0.15, 0.2) is 36.4 Å². The van der Waals surface area contributed by atoms with Gasteiger partial charge in [0.2, 0.25) is 0 Å². The Morgan fingerprint density at radius 1 is 0.920 bits per heavy atom. The molecule has 0 atom stereocenters. The Morgan fingerprint density at radius 3 is 1.68 bits per heavy atom. The van der Waals surface area contributed by atoms with E-state index in [9.17, 15) is 3.89 Å². The molecule has 136 valence electrons. The normalized spacial score (nSPS) is 14.6. The first-order valence-corrected chi connectivity index (χ1v) is 11.5. The van der Waals surface area contributed by atoms with Crippen molar-refractivity contribution < 1.29 is 16.9 Å². The molecule has 0 N–H and O–H groups in total. The quantitative estimate of drug-likeness (QED) is 0.290. The van der Waals surface area contributed by atoms with E-state index in [2.05, 4.69) is 50.2 Å². The van der Waals surface area contributed by atoms with E-state index in [0.29, 0.717) is 0 Å². The zero-order chi connectivity index (χ0) is 18.4. The molecule has 0 saturated carbocycles. The van der Waals surface area contributed by atoms with Gasteiger partial charge < -0.3 is 4.55 Å². The van der Waals surface area contributed by atoms with Gasteiger partial charge in [0.25, 0.3) is 10.5 Å². The van der Waals surface area contributed by atoms with Gasteiger partial charge in [0, 0.05) is 22.6 Å². The lowest BCUT2D eigenvalue weighted by Crippen LogP contribution is -2.02. The summed E-state index contributed by atoms with van der Waals surface area (Å²) < 4.78 is 35.3. The van der Waals surface area contributed by atoms with Crippen LogP contribution in [0.3, 0.4) is 0 Å². The molecule has 2 aromatic rings. The molecule has 1 aliphatic rings. The van der Waals surface area contributed by atoms with Gasteiger partial charge in [0.05, 0.1) is 0 Å². The molecule has 2 aromatic carbocycles. The predicted octanol–water partition coefficient (Wildman–Crippen LogP) is 3.98. The number of hydrogen-bond acceptors (Lipinski definition) is 4. The molecule has 0 unspecified atom stereocenters. The lowest BCUT2D eigenvalue weighted by Gasteiger charge is -2.13. The van der Waals surface area contributed by atoms with Crippen molar-refractivity contribution in [1.82, 2.24) is 0 Å². The summed E-state index contributed by atoms with van der Waals surface area (Å²) in [6, 6.07) is 13.6. The van der Waals surface area contributed by atoms with Gasteiger partial charge in [-0.3, -0.25) is 0 Å². The summed E-state index contributed by atoms with van der Waals surface area (Å²) in [5, 5.41) is 0. The van der Waals surface area contributed by atoms with E-state index < -0.39 is 10.5 Å². The Labute approximate surface area is 157 Å². The van der Waals surface area contributed by atoms with E-state index in [1.807, 2.05) is 11.8 Å². The average Bonchev–Trinajstić information content (AvgIpc) is 2.51. The summed E-state index contributed by atoms with van der Waals surface area (Å²) in [6.07, 6.45) is 0. The van der Waals surface area contributed by atoms with Crippen LogP contribution in [0.2, 0.25) is 0 Å². The van der Waals surface area contributed by atoms with Gasteiger partial charge in [-0.05, 0) is 47.9 Å². The van der Waals surface area contributed by atoms with Crippen molar-refractivity contribution in [1.29, 1.82) is 0 Å². The molecular formula is C18H21FO3S3. The number of halogens is 1. The number of benzene rings is 2. The zero-order valence-corrected chi connectivity index (χ0v) is 16.7. The maximum Gasteiger partial charge on any atom is 0.255 e. The minimum absolute atomic E-state index is 1.13. The van der Waals surface area contributed by atoms with Gasteiger partial charge in [0.1, 0.15) is 11.5 Å². The summed E-state index contributed by atoms with van der Waals surface area (Å²) >= 11 is 3.55. The highest BCUT2D eigenvalue weighted by molar-refractivity contribution is 7.97. The van der Waals surface area contributed by atoms with E-state index >= 15 is 0 Å². The molecule has 0 spiro atoms. The Balaban J connectivity index is 0.000000399. The number of rotatable bonds is 0. The molecule has 3 nitrogen and oxygen atoms in total. The highest BCUT2D eigenvalue weighted by atomic mass is 32.3. The molecule has 0 radical (unpaired) electrons. The fourth-order valence-corrected chi connectivity index (χ4v) is 5.14. The van der Waals surface area contributed by atoms with Gasteiger partial charge in [-0.15, -0.1) is 3.89 Å². The van der Waals surface area contributed by atoms with E-state index in [4.69, 9.17) is 13.0 Å². The maximum absolute atomic E-state index is 10.1. The van der Waals surface area contributed by atoms with E-state index in [1.165, 1.54) is 56.6 Å². The second-order valence-corrected chi connectivity index (χ2v) is 8.68. The Bertz CT molecular complexity index is 727. The first-order valence-electron chi connectivity index (χ1n) is 7.77. The van der Waals surface area contributed by atoms with Crippen molar-refractivity contribution in [2.24, 2.45) is 0 Å². The van der Waals surface area contributed by atoms with Crippen LogP contribution in [-0.2, 0) is 45.3 Å². The Morgan fingerprint density at radius 2 is 1.28 bits per heavy atom. The molecule has 0 saturated heterocycles. The van der Waals surface area contributed by atoms with Crippen molar-refractivity contribution in [3.8, 4) is 0 Å². The topological polar surface area (TPSA) is 57.2 Å². The van der Waals surface area contributed by atoms with Gasteiger partial charge in [-0.2, -0.15) is 11.8 Å². The van der Waals surface area contributed by atoms with Crippen molar-refractivity contribution in [2.45, 2.75) is 36.9 Å². The van der Waals surface area contributed by atoms with Crippen LogP contribution in [0.4, 0.5) is 3.89 Å². The lowest BCUT2D eigenvalue weighted by atomic mass is 10.0. The second kappa shape index (κ2) is 9.07. The molecule has 0 amide bonds.